The molecule has 1 aromatic carbocycles. The van der Waals surface area contributed by atoms with Gasteiger partial charge in [0.15, 0.2) is 9.84 Å². The van der Waals surface area contributed by atoms with Crippen molar-refractivity contribution in [3.63, 3.8) is 0 Å². The van der Waals surface area contributed by atoms with Crippen LogP contribution in [-0.2, 0) is 36.3 Å². The maximum absolute atomic E-state index is 15.0. The van der Waals surface area contributed by atoms with Gasteiger partial charge in [-0.1, -0.05) is 19.1 Å². The van der Waals surface area contributed by atoms with Crippen molar-refractivity contribution in [2.45, 2.75) is 85.6 Å². The van der Waals surface area contributed by atoms with Crippen LogP contribution in [0, 0.1) is 23.6 Å². The van der Waals surface area contributed by atoms with Gasteiger partial charge in [-0.3, -0.25) is 14.6 Å². The molecule has 1 amide bonds. The summed E-state index contributed by atoms with van der Waals surface area (Å²) in [5, 5.41) is 9.17. The summed E-state index contributed by atoms with van der Waals surface area (Å²) in [4.78, 5) is 29.5. The summed E-state index contributed by atoms with van der Waals surface area (Å²) < 4.78 is 137. The first kappa shape index (κ1) is 34.0. The highest BCUT2D eigenvalue weighted by Gasteiger charge is 2.75. The molecule has 5 rings (SSSR count). The zero-order chi connectivity index (χ0) is 34.0. The lowest BCUT2D eigenvalue weighted by atomic mass is 9.73. The van der Waals surface area contributed by atoms with Crippen LogP contribution in [-0.4, -0.2) is 60.2 Å². The van der Waals surface area contributed by atoms with Gasteiger partial charge < -0.3 is 10.0 Å². The van der Waals surface area contributed by atoms with Gasteiger partial charge in [0.1, 0.15) is 10.6 Å². The van der Waals surface area contributed by atoms with Crippen molar-refractivity contribution in [1.82, 2.24) is 9.88 Å². The zero-order valence-electron chi connectivity index (χ0n) is 24.3. The maximum atomic E-state index is 15.0. The average Bonchev–Trinajstić information content (AvgIpc) is 3.36. The lowest BCUT2D eigenvalue weighted by Crippen LogP contribution is -2.54. The van der Waals surface area contributed by atoms with Gasteiger partial charge in [0.25, 0.3) is 0 Å². The van der Waals surface area contributed by atoms with Crippen LogP contribution in [0.3, 0.4) is 0 Å². The van der Waals surface area contributed by atoms with Gasteiger partial charge in [-0.25, -0.2) is 17.2 Å². The van der Waals surface area contributed by atoms with E-state index in [0.717, 1.165) is 24.3 Å². The first-order valence-corrected chi connectivity index (χ1v) is 16.1. The summed E-state index contributed by atoms with van der Waals surface area (Å²) in [6.45, 7) is 1.63. The first-order valence-electron chi connectivity index (χ1n) is 14.6. The minimum Gasteiger partial charge on any atom is -0.481 e. The number of hydrogen-bond donors (Lipinski definition) is 1. The number of aryl methyl sites for hydroxylation is 1. The van der Waals surface area contributed by atoms with E-state index in [-0.39, 0.29) is 55.7 Å². The van der Waals surface area contributed by atoms with Crippen molar-refractivity contribution in [1.29, 1.82) is 0 Å². The molecular weight excluding hydrogens is 652 g/mol. The molecule has 7 nitrogen and oxygen atoms in total. The third-order valence-electron chi connectivity index (χ3n) is 9.78. The number of likely N-dealkylation sites (tertiary alicyclic amines) is 1. The van der Waals surface area contributed by atoms with Gasteiger partial charge in [0.05, 0.1) is 16.6 Å². The van der Waals surface area contributed by atoms with Gasteiger partial charge in [-0.2, -0.15) is 26.3 Å². The minimum atomic E-state index is -6.44. The van der Waals surface area contributed by atoms with E-state index in [2.05, 4.69) is 4.98 Å². The average molecular weight is 683 g/mol. The number of aromatic nitrogens is 1. The maximum Gasteiger partial charge on any atom is 0.437 e. The number of fused-ring (bicyclic) bond motifs is 3. The van der Waals surface area contributed by atoms with Crippen LogP contribution in [0.5, 0.6) is 0 Å². The summed E-state index contributed by atoms with van der Waals surface area (Å²) in [5.41, 5.74) is -8.62. The number of rotatable bonds is 6. The SMILES string of the molecule is C[C@H]1C[C@H](CC(=O)O)CC[C@H]1C(=O)N1CCC2(S(=O)(=O)c3cccc(F)c3)c3ccc(C(F)(C(F)(F)F)C(F)(F)F)nc3CCC12. The number of nitrogens with zero attached hydrogens (tertiary/aromatic N) is 2. The van der Waals surface area contributed by atoms with Crippen LogP contribution < -0.4 is 0 Å². The van der Waals surface area contributed by atoms with Crippen LogP contribution in [0.4, 0.5) is 35.1 Å². The molecule has 1 aliphatic heterocycles. The molecule has 2 aliphatic carbocycles. The van der Waals surface area contributed by atoms with Crippen molar-refractivity contribution in [3.8, 4) is 0 Å². The zero-order valence-corrected chi connectivity index (χ0v) is 25.2. The number of alkyl halides is 7. The summed E-state index contributed by atoms with van der Waals surface area (Å²) in [6, 6.07) is 3.64. The van der Waals surface area contributed by atoms with Crippen molar-refractivity contribution in [2.75, 3.05) is 6.54 Å². The number of carbonyl (C=O) groups is 2. The highest BCUT2D eigenvalue weighted by molar-refractivity contribution is 7.92. The van der Waals surface area contributed by atoms with Gasteiger partial charge in [0.2, 0.25) is 5.91 Å². The quantitative estimate of drug-likeness (QED) is 0.361. The molecule has 1 saturated heterocycles. The molecule has 0 radical (unpaired) electrons. The Kier molecular flexibility index (Phi) is 8.47. The first-order chi connectivity index (χ1) is 21.3. The molecule has 0 spiro atoms. The molecule has 1 aromatic heterocycles. The fourth-order valence-corrected chi connectivity index (χ4v) is 10.0. The number of carbonyl (C=O) groups excluding carboxylic acids is 1. The van der Waals surface area contributed by atoms with Crippen molar-refractivity contribution >= 4 is 21.7 Å². The van der Waals surface area contributed by atoms with Gasteiger partial charge in [0, 0.05) is 24.6 Å². The Morgan fingerprint density at radius 3 is 2.28 bits per heavy atom. The summed E-state index contributed by atoms with van der Waals surface area (Å²) >= 11 is 0. The number of halogens is 8. The number of aliphatic carboxylic acids is 1. The van der Waals surface area contributed by atoms with Crippen molar-refractivity contribution < 1.29 is 58.2 Å². The molecule has 0 bridgehead atoms. The summed E-state index contributed by atoms with van der Waals surface area (Å²) in [7, 11) is -4.71. The van der Waals surface area contributed by atoms with E-state index in [1.807, 2.05) is 0 Å². The van der Waals surface area contributed by atoms with E-state index < -0.39 is 78.5 Å². The fourth-order valence-electron chi connectivity index (χ4n) is 7.64. The smallest absolute Gasteiger partial charge is 0.437 e. The molecule has 1 N–H and O–H groups in total. The largest absolute Gasteiger partial charge is 0.481 e. The van der Waals surface area contributed by atoms with E-state index >= 15 is 0 Å². The molecule has 3 aliphatic rings. The second-order valence-electron chi connectivity index (χ2n) is 12.4. The molecule has 1 saturated carbocycles. The molecule has 252 valence electrons. The number of sulfone groups is 1. The third kappa shape index (κ3) is 5.23. The predicted octanol–water partition coefficient (Wildman–Crippen LogP) is 6.25. The molecule has 2 heterocycles. The second kappa shape index (κ2) is 11.4. The van der Waals surface area contributed by atoms with Crippen LogP contribution in [0.2, 0.25) is 0 Å². The second-order valence-corrected chi connectivity index (χ2v) is 14.6. The third-order valence-corrected chi connectivity index (χ3v) is 12.3. The number of amides is 1. The molecule has 46 heavy (non-hydrogen) atoms. The number of pyridine rings is 1. The van der Waals surface area contributed by atoms with Crippen LogP contribution in [0.15, 0.2) is 41.3 Å². The standard InChI is InChI=1S/C30H30F8N2O5S/c1-16-13-17(14-25(41)42)5-6-20(16)26(43)40-12-11-27(46(44,45)19-4-2-3-18(31)15-19)21-7-9-23(39-22(21)8-10-24(27)40)28(32,29(33,34)35)30(36,37)38/h2-4,7,9,15-17,20,24H,5-6,8,10-14H2,1H3,(H,41,42)/t16-,17+,20+,24?,27?/m0/s1. The molecule has 2 aromatic rings. The Morgan fingerprint density at radius 1 is 1.02 bits per heavy atom. The molecule has 5 atom stereocenters. The van der Waals surface area contributed by atoms with E-state index in [4.69, 9.17) is 0 Å². The molecule has 2 fully saturated rings. The Labute approximate surface area is 258 Å². The Bertz CT molecular complexity index is 1630. The minimum absolute atomic E-state index is 0.0683. The molecule has 2 unspecified atom stereocenters. The van der Waals surface area contributed by atoms with Crippen molar-refractivity contribution in [3.05, 3.63) is 59.2 Å². The highest BCUT2D eigenvalue weighted by Crippen LogP contribution is 2.56. The lowest BCUT2D eigenvalue weighted by Gasteiger charge is -2.44. The monoisotopic (exact) mass is 682 g/mol. The number of carboxylic acid groups (broad SMARTS) is 1. The van der Waals surface area contributed by atoms with E-state index in [9.17, 15) is 58.2 Å². The van der Waals surface area contributed by atoms with Crippen LogP contribution >= 0.6 is 0 Å². The Morgan fingerprint density at radius 2 is 1.70 bits per heavy atom. The normalized spacial score (nSPS) is 27.2. The predicted molar refractivity (Wildman–Crippen MR) is 145 cm³/mol. The van der Waals surface area contributed by atoms with Gasteiger partial charge in [-0.15, -0.1) is 0 Å². The topological polar surface area (TPSA) is 105 Å². The lowest BCUT2D eigenvalue weighted by molar-refractivity contribution is -0.350. The van der Waals surface area contributed by atoms with Crippen LogP contribution in [0.25, 0.3) is 0 Å². The Balaban J connectivity index is 1.61. The highest BCUT2D eigenvalue weighted by atomic mass is 32.2. The summed E-state index contributed by atoms with van der Waals surface area (Å²) in [6.07, 6.45) is -12.7. The van der Waals surface area contributed by atoms with E-state index in [1.54, 1.807) is 6.92 Å². The number of hydrogen-bond acceptors (Lipinski definition) is 5. The number of carboxylic acids is 1. The van der Waals surface area contributed by atoms with Crippen LogP contribution in [0.1, 0.15) is 62.4 Å². The van der Waals surface area contributed by atoms with Crippen molar-refractivity contribution in [2.24, 2.45) is 17.8 Å². The van der Waals surface area contributed by atoms with E-state index in [0.29, 0.717) is 25.3 Å². The van der Waals surface area contributed by atoms with Gasteiger partial charge in [-0.05, 0) is 80.2 Å². The van der Waals surface area contributed by atoms with Gasteiger partial charge >= 0.3 is 24.0 Å². The fraction of sp³-hybridized carbons (Fsp3) is 0.567. The number of benzene rings is 1. The Hall–Kier alpha value is -3.30. The van der Waals surface area contributed by atoms with E-state index in [1.165, 1.54) is 4.90 Å². The summed E-state index contributed by atoms with van der Waals surface area (Å²) in [5.74, 6) is -3.31. The molecular formula is C30H30F8N2O5S. The molecule has 16 heteroatoms.